The van der Waals surface area contributed by atoms with E-state index in [1.807, 2.05) is 7.11 Å². The van der Waals surface area contributed by atoms with Crippen LogP contribution in [-0.2, 0) is 4.74 Å². The van der Waals surface area contributed by atoms with Crippen LogP contribution < -0.4 is 5.73 Å². The van der Waals surface area contributed by atoms with Gasteiger partial charge in [-0.2, -0.15) is 0 Å². The quantitative estimate of drug-likeness (QED) is 0.797. The number of methoxy groups -OCH3 is 1. The molecule has 2 fully saturated rings. The fourth-order valence-corrected chi connectivity index (χ4v) is 4.00. The van der Waals surface area contributed by atoms with Crippen molar-refractivity contribution in [3.8, 4) is 0 Å². The highest BCUT2D eigenvalue weighted by atomic mass is 16.5. The average Bonchev–Trinajstić information content (AvgIpc) is 2.70. The van der Waals surface area contributed by atoms with Crippen LogP contribution in [0, 0.1) is 11.8 Å². The maximum Gasteiger partial charge on any atom is 0.0724 e. The van der Waals surface area contributed by atoms with Gasteiger partial charge in [-0.25, -0.2) is 0 Å². The van der Waals surface area contributed by atoms with Gasteiger partial charge < -0.3 is 10.5 Å². The van der Waals surface area contributed by atoms with E-state index in [4.69, 9.17) is 10.5 Å². The molecule has 0 bridgehead atoms. The van der Waals surface area contributed by atoms with Gasteiger partial charge >= 0.3 is 0 Å². The van der Waals surface area contributed by atoms with Crippen LogP contribution >= 0.6 is 0 Å². The monoisotopic (exact) mass is 268 g/mol. The molecule has 0 amide bonds. The molecular weight excluding hydrogens is 236 g/mol. The van der Waals surface area contributed by atoms with Gasteiger partial charge in [0.2, 0.25) is 0 Å². The molecule has 3 atom stereocenters. The summed E-state index contributed by atoms with van der Waals surface area (Å²) in [6.45, 7) is 5.42. The Morgan fingerprint density at radius 1 is 1.16 bits per heavy atom. The number of likely N-dealkylation sites (tertiary alicyclic amines) is 1. The minimum atomic E-state index is 0.397. The molecule has 19 heavy (non-hydrogen) atoms. The van der Waals surface area contributed by atoms with Gasteiger partial charge in [-0.05, 0) is 37.6 Å². The lowest BCUT2D eigenvalue weighted by Crippen LogP contribution is -2.53. The van der Waals surface area contributed by atoms with Crippen molar-refractivity contribution < 1.29 is 4.74 Å². The van der Waals surface area contributed by atoms with Crippen LogP contribution in [0.3, 0.4) is 0 Å². The largest absolute Gasteiger partial charge is 0.380 e. The molecule has 3 heteroatoms. The second-order valence-corrected chi connectivity index (χ2v) is 6.59. The van der Waals surface area contributed by atoms with Gasteiger partial charge in [0.15, 0.2) is 0 Å². The van der Waals surface area contributed by atoms with E-state index < -0.39 is 0 Å². The van der Waals surface area contributed by atoms with Crippen molar-refractivity contribution in [1.82, 2.24) is 4.90 Å². The van der Waals surface area contributed by atoms with Crippen LogP contribution in [0.5, 0.6) is 0 Å². The van der Waals surface area contributed by atoms with Gasteiger partial charge in [0, 0.05) is 26.2 Å². The SMILES string of the molecule is COC1CN(C(CN)C2CCCCCC2)CCC1C. The summed E-state index contributed by atoms with van der Waals surface area (Å²) in [4.78, 5) is 2.63. The summed E-state index contributed by atoms with van der Waals surface area (Å²) >= 11 is 0. The minimum absolute atomic E-state index is 0.397. The molecule has 1 saturated carbocycles. The molecule has 112 valence electrons. The fourth-order valence-electron chi connectivity index (χ4n) is 4.00. The second kappa shape index (κ2) is 7.61. The lowest BCUT2D eigenvalue weighted by Gasteiger charge is -2.43. The van der Waals surface area contributed by atoms with Crippen molar-refractivity contribution in [1.29, 1.82) is 0 Å². The molecule has 1 heterocycles. The zero-order valence-electron chi connectivity index (χ0n) is 12.8. The number of nitrogens with two attached hydrogens (primary N) is 1. The highest BCUT2D eigenvalue weighted by molar-refractivity contribution is 4.87. The molecule has 3 unspecified atom stereocenters. The Balaban J connectivity index is 1.96. The Bertz CT molecular complexity index is 251. The van der Waals surface area contributed by atoms with Gasteiger partial charge in [-0.3, -0.25) is 4.90 Å². The van der Waals surface area contributed by atoms with Crippen LogP contribution in [0.4, 0.5) is 0 Å². The summed E-state index contributed by atoms with van der Waals surface area (Å²) in [5.41, 5.74) is 6.12. The molecule has 1 aliphatic carbocycles. The number of hydrogen-bond acceptors (Lipinski definition) is 3. The van der Waals surface area contributed by atoms with Crippen LogP contribution in [0.1, 0.15) is 51.9 Å². The fraction of sp³-hybridized carbons (Fsp3) is 1.00. The third-order valence-electron chi connectivity index (χ3n) is 5.38. The number of piperidine rings is 1. The summed E-state index contributed by atoms with van der Waals surface area (Å²) in [5, 5.41) is 0. The molecule has 0 aromatic rings. The molecule has 0 radical (unpaired) electrons. The number of rotatable bonds is 4. The van der Waals surface area contributed by atoms with E-state index in [2.05, 4.69) is 11.8 Å². The van der Waals surface area contributed by atoms with E-state index in [1.54, 1.807) is 0 Å². The zero-order valence-corrected chi connectivity index (χ0v) is 12.8. The van der Waals surface area contributed by atoms with Gasteiger partial charge in [0.25, 0.3) is 0 Å². The summed E-state index contributed by atoms with van der Waals surface area (Å²) in [6.07, 6.45) is 10.1. The Labute approximate surface area is 118 Å². The highest BCUT2D eigenvalue weighted by Gasteiger charge is 2.33. The van der Waals surface area contributed by atoms with Gasteiger partial charge in [0.1, 0.15) is 0 Å². The number of ether oxygens (including phenoxy) is 1. The Kier molecular flexibility index (Phi) is 6.11. The molecule has 1 saturated heterocycles. The standard InChI is InChI=1S/C16H32N2O/c1-13-9-10-18(12-16(13)19-2)15(11-17)14-7-5-3-4-6-8-14/h13-16H,3-12,17H2,1-2H3. The Hall–Kier alpha value is -0.120. The minimum Gasteiger partial charge on any atom is -0.380 e. The van der Waals surface area contributed by atoms with E-state index in [1.165, 1.54) is 51.5 Å². The summed E-state index contributed by atoms with van der Waals surface area (Å²) in [7, 11) is 1.85. The van der Waals surface area contributed by atoms with E-state index in [-0.39, 0.29) is 0 Å². The molecule has 1 aliphatic heterocycles. The van der Waals surface area contributed by atoms with Crippen LogP contribution in [0.25, 0.3) is 0 Å². The first-order chi connectivity index (χ1) is 9.26. The van der Waals surface area contributed by atoms with Crippen molar-refractivity contribution in [2.24, 2.45) is 17.6 Å². The molecule has 2 aliphatic rings. The predicted octanol–water partition coefficient (Wildman–Crippen LogP) is 2.64. The third kappa shape index (κ3) is 3.93. The lowest BCUT2D eigenvalue weighted by atomic mass is 9.87. The normalized spacial score (nSPS) is 33.0. The summed E-state index contributed by atoms with van der Waals surface area (Å²) < 4.78 is 5.66. The van der Waals surface area contributed by atoms with Crippen molar-refractivity contribution in [3.05, 3.63) is 0 Å². The molecule has 0 aromatic heterocycles. The van der Waals surface area contributed by atoms with Crippen molar-refractivity contribution in [2.45, 2.75) is 64.0 Å². The smallest absolute Gasteiger partial charge is 0.0724 e. The maximum absolute atomic E-state index is 6.12. The topological polar surface area (TPSA) is 38.5 Å². The Morgan fingerprint density at radius 3 is 2.42 bits per heavy atom. The number of nitrogens with zero attached hydrogens (tertiary/aromatic N) is 1. The van der Waals surface area contributed by atoms with Crippen molar-refractivity contribution in [3.63, 3.8) is 0 Å². The van der Waals surface area contributed by atoms with Gasteiger partial charge in [-0.15, -0.1) is 0 Å². The van der Waals surface area contributed by atoms with Crippen molar-refractivity contribution in [2.75, 3.05) is 26.7 Å². The first-order valence-electron chi connectivity index (χ1n) is 8.23. The third-order valence-corrected chi connectivity index (χ3v) is 5.38. The van der Waals surface area contributed by atoms with E-state index in [0.717, 1.165) is 19.0 Å². The van der Waals surface area contributed by atoms with Crippen molar-refractivity contribution >= 4 is 0 Å². The average molecular weight is 268 g/mol. The molecule has 3 nitrogen and oxygen atoms in total. The van der Waals surface area contributed by atoms with E-state index in [9.17, 15) is 0 Å². The molecule has 0 spiro atoms. The molecular formula is C16H32N2O. The predicted molar refractivity (Wildman–Crippen MR) is 80.2 cm³/mol. The van der Waals surface area contributed by atoms with E-state index >= 15 is 0 Å². The first-order valence-corrected chi connectivity index (χ1v) is 8.23. The molecule has 2 N–H and O–H groups in total. The first kappa shape index (κ1) is 15.3. The molecule has 2 rings (SSSR count). The van der Waals surface area contributed by atoms with Gasteiger partial charge in [0.05, 0.1) is 6.10 Å². The second-order valence-electron chi connectivity index (χ2n) is 6.59. The summed E-state index contributed by atoms with van der Waals surface area (Å²) in [6, 6.07) is 0.586. The zero-order chi connectivity index (χ0) is 13.7. The van der Waals surface area contributed by atoms with Crippen LogP contribution in [0.2, 0.25) is 0 Å². The maximum atomic E-state index is 6.12. The van der Waals surface area contributed by atoms with Crippen LogP contribution in [-0.4, -0.2) is 43.8 Å². The summed E-state index contributed by atoms with van der Waals surface area (Å²) in [5.74, 6) is 1.51. The molecule has 0 aromatic carbocycles. The van der Waals surface area contributed by atoms with Gasteiger partial charge in [-0.1, -0.05) is 32.6 Å². The lowest BCUT2D eigenvalue weighted by molar-refractivity contribution is -0.0277. The van der Waals surface area contributed by atoms with Crippen LogP contribution in [0.15, 0.2) is 0 Å². The highest BCUT2D eigenvalue weighted by Crippen LogP contribution is 2.30. The number of hydrogen-bond donors (Lipinski definition) is 1. The van der Waals surface area contributed by atoms with E-state index in [0.29, 0.717) is 18.1 Å². The Morgan fingerprint density at radius 2 is 1.84 bits per heavy atom.